The van der Waals surface area contributed by atoms with Crippen LogP contribution in [0.1, 0.15) is 51.0 Å². The first-order chi connectivity index (χ1) is 7.11. The van der Waals surface area contributed by atoms with E-state index in [0.29, 0.717) is 11.3 Å². The van der Waals surface area contributed by atoms with Crippen molar-refractivity contribution in [3.05, 3.63) is 29.8 Å². The summed E-state index contributed by atoms with van der Waals surface area (Å²) in [7, 11) is 0. The molecule has 1 saturated carbocycles. The SMILES string of the molecule is CC1(C)CCCC[C@H]1c1ccccc1N. The van der Waals surface area contributed by atoms with Crippen molar-refractivity contribution in [1.82, 2.24) is 0 Å². The second kappa shape index (κ2) is 3.88. The predicted molar refractivity (Wildman–Crippen MR) is 65.8 cm³/mol. The van der Waals surface area contributed by atoms with E-state index in [2.05, 4.69) is 26.0 Å². The number of hydrogen-bond donors (Lipinski definition) is 1. The minimum absolute atomic E-state index is 0.410. The molecular weight excluding hydrogens is 182 g/mol. The maximum absolute atomic E-state index is 6.07. The van der Waals surface area contributed by atoms with E-state index in [0.717, 1.165) is 5.69 Å². The zero-order valence-corrected chi connectivity index (χ0v) is 9.79. The van der Waals surface area contributed by atoms with Gasteiger partial charge in [0, 0.05) is 5.69 Å². The molecule has 1 aliphatic carbocycles. The molecule has 1 nitrogen and oxygen atoms in total. The minimum Gasteiger partial charge on any atom is -0.398 e. The number of hydrogen-bond acceptors (Lipinski definition) is 1. The highest BCUT2D eigenvalue weighted by Crippen LogP contribution is 2.47. The van der Waals surface area contributed by atoms with Gasteiger partial charge in [0.25, 0.3) is 0 Å². The van der Waals surface area contributed by atoms with E-state index in [-0.39, 0.29) is 0 Å². The Balaban J connectivity index is 2.33. The molecule has 1 aromatic carbocycles. The van der Waals surface area contributed by atoms with Crippen molar-refractivity contribution in [3.8, 4) is 0 Å². The number of para-hydroxylation sites is 1. The number of benzene rings is 1. The number of anilines is 1. The fraction of sp³-hybridized carbons (Fsp3) is 0.571. The van der Waals surface area contributed by atoms with E-state index in [1.807, 2.05) is 12.1 Å². The van der Waals surface area contributed by atoms with Crippen LogP contribution in [0.5, 0.6) is 0 Å². The molecule has 0 saturated heterocycles. The Morgan fingerprint density at radius 1 is 1.20 bits per heavy atom. The van der Waals surface area contributed by atoms with E-state index in [1.54, 1.807) is 0 Å². The van der Waals surface area contributed by atoms with E-state index in [4.69, 9.17) is 5.73 Å². The minimum atomic E-state index is 0.410. The molecule has 1 fully saturated rings. The Bertz CT molecular complexity index is 341. The van der Waals surface area contributed by atoms with Crippen LogP contribution in [-0.2, 0) is 0 Å². The largest absolute Gasteiger partial charge is 0.398 e. The molecule has 0 heterocycles. The van der Waals surface area contributed by atoms with Gasteiger partial charge >= 0.3 is 0 Å². The van der Waals surface area contributed by atoms with Gasteiger partial charge < -0.3 is 5.73 Å². The molecule has 82 valence electrons. The molecule has 2 N–H and O–H groups in total. The lowest BCUT2D eigenvalue weighted by Crippen LogP contribution is -2.26. The maximum atomic E-state index is 6.07. The van der Waals surface area contributed by atoms with Crippen LogP contribution in [0.25, 0.3) is 0 Å². The van der Waals surface area contributed by atoms with Crippen molar-refractivity contribution < 1.29 is 0 Å². The highest BCUT2D eigenvalue weighted by atomic mass is 14.6. The van der Waals surface area contributed by atoms with Crippen LogP contribution < -0.4 is 5.73 Å². The Hall–Kier alpha value is -0.980. The van der Waals surface area contributed by atoms with Gasteiger partial charge in [-0.3, -0.25) is 0 Å². The quantitative estimate of drug-likeness (QED) is 0.687. The van der Waals surface area contributed by atoms with E-state index < -0.39 is 0 Å². The Morgan fingerprint density at radius 3 is 2.60 bits per heavy atom. The van der Waals surface area contributed by atoms with Crippen molar-refractivity contribution >= 4 is 5.69 Å². The van der Waals surface area contributed by atoms with Crippen LogP contribution in [0.3, 0.4) is 0 Å². The third-order valence-corrected chi connectivity index (χ3v) is 3.88. The van der Waals surface area contributed by atoms with Gasteiger partial charge in [-0.1, -0.05) is 44.9 Å². The summed E-state index contributed by atoms with van der Waals surface area (Å²) in [6.45, 7) is 4.76. The summed E-state index contributed by atoms with van der Waals surface area (Å²) in [4.78, 5) is 0. The van der Waals surface area contributed by atoms with Gasteiger partial charge in [0.15, 0.2) is 0 Å². The van der Waals surface area contributed by atoms with Gasteiger partial charge in [-0.05, 0) is 35.8 Å². The fourth-order valence-corrected chi connectivity index (χ4v) is 2.90. The summed E-state index contributed by atoms with van der Waals surface area (Å²) in [6, 6.07) is 8.36. The van der Waals surface area contributed by atoms with Gasteiger partial charge in [0.1, 0.15) is 0 Å². The molecule has 1 aromatic rings. The lowest BCUT2D eigenvalue weighted by Gasteiger charge is -2.39. The summed E-state index contributed by atoms with van der Waals surface area (Å²) >= 11 is 0. The van der Waals surface area contributed by atoms with Gasteiger partial charge in [0.2, 0.25) is 0 Å². The monoisotopic (exact) mass is 203 g/mol. The molecule has 1 aliphatic rings. The Morgan fingerprint density at radius 2 is 1.93 bits per heavy atom. The van der Waals surface area contributed by atoms with E-state index in [1.165, 1.54) is 31.2 Å². The van der Waals surface area contributed by atoms with Crippen molar-refractivity contribution in [1.29, 1.82) is 0 Å². The second-order valence-corrected chi connectivity index (χ2v) is 5.42. The summed E-state index contributed by atoms with van der Waals surface area (Å²) in [5.41, 5.74) is 8.82. The van der Waals surface area contributed by atoms with Crippen molar-refractivity contribution in [2.24, 2.45) is 5.41 Å². The topological polar surface area (TPSA) is 26.0 Å². The van der Waals surface area contributed by atoms with Crippen molar-refractivity contribution in [3.63, 3.8) is 0 Å². The number of nitrogen functional groups attached to an aromatic ring is 1. The summed E-state index contributed by atoms with van der Waals surface area (Å²) in [6.07, 6.45) is 5.34. The van der Waals surface area contributed by atoms with Crippen LogP contribution in [0.15, 0.2) is 24.3 Å². The summed E-state index contributed by atoms with van der Waals surface area (Å²) < 4.78 is 0. The van der Waals surface area contributed by atoms with Crippen LogP contribution in [-0.4, -0.2) is 0 Å². The van der Waals surface area contributed by atoms with Crippen molar-refractivity contribution in [2.75, 3.05) is 5.73 Å². The number of nitrogens with two attached hydrogens (primary N) is 1. The first-order valence-electron chi connectivity index (χ1n) is 5.96. The van der Waals surface area contributed by atoms with Gasteiger partial charge in [0.05, 0.1) is 0 Å². The second-order valence-electron chi connectivity index (χ2n) is 5.42. The molecule has 1 heteroatoms. The molecule has 15 heavy (non-hydrogen) atoms. The normalized spacial score (nSPS) is 25.1. The van der Waals surface area contributed by atoms with E-state index >= 15 is 0 Å². The molecule has 0 radical (unpaired) electrons. The molecule has 2 rings (SSSR count). The molecule has 1 atom stereocenters. The van der Waals surface area contributed by atoms with Crippen LogP contribution in [0.2, 0.25) is 0 Å². The van der Waals surface area contributed by atoms with Gasteiger partial charge in [-0.2, -0.15) is 0 Å². The lowest BCUT2D eigenvalue weighted by atomic mass is 9.66. The zero-order valence-electron chi connectivity index (χ0n) is 9.79. The lowest BCUT2D eigenvalue weighted by molar-refractivity contribution is 0.200. The molecule has 0 amide bonds. The maximum Gasteiger partial charge on any atom is 0.0349 e. The Kier molecular flexibility index (Phi) is 2.72. The number of rotatable bonds is 1. The van der Waals surface area contributed by atoms with Gasteiger partial charge in [-0.25, -0.2) is 0 Å². The average molecular weight is 203 g/mol. The van der Waals surface area contributed by atoms with Crippen molar-refractivity contribution in [2.45, 2.75) is 45.4 Å². The smallest absolute Gasteiger partial charge is 0.0349 e. The predicted octanol–water partition coefficient (Wildman–Crippen LogP) is 3.95. The highest BCUT2D eigenvalue weighted by molar-refractivity contribution is 5.49. The molecule has 0 spiro atoms. The van der Waals surface area contributed by atoms with E-state index in [9.17, 15) is 0 Å². The third kappa shape index (κ3) is 2.01. The highest BCUT2D eigenvalue weighted by Gasteiger charge is 2.33. The Labute approximate surface area is 92.7 Å². The van der Waals surface area contributed by atoms with Crippen LogP contribution in [0, 0.1) is 5.41 Å². The van der Waals surface area contributed by atoms with Crippen LogP contribution in [0.4, 0.5) is 5.69 Å². The standard InChI is InChI=1S/C14H21N/c1-14(2)10-6-5-8-12(14)11-7-3-4-9-13(11)15/h3-4,7,9,12H,5-6,8,10,15H2,1-2H3/t12-/m0/s1. The first-order valence-corrected chi connectivity index (χ1v) is 5.96. The summed E-state index contributed by atoms with van der Waals surface area (Å²) in [5, 5.41) is 0. The molecule has 0 aliphatic heterocycles. The molecule has 0 bridgehead atoms. The molecular formula is C14H21N. The zero-order chi connectivity index (χ0) is 10.9. The average Bonchev–Trinajstić information content (AvgIpc) is 2.19. The fourth-order valence-electron chi connectivity index (χ4n) is 2.90. The summed E-state index contributed by atoms with van der Waals surface area (Å²) in [5.74, 6) is 0.646. The van der Waals surface area contributed by atoms with Crippen LogP contribution >= 0.6 is 0 Å². The first kappa shape index (κ1) is 10.5. The van der Waals surface area contributed by atoms with Gasteiger partial charge in [-0.15, -0.1) is 0 Å². The molecule has 0 unspecified atom stereocenters. The molecule has 0 aromatic heterocycles. The third-order valence-electron chi connectivity index (χ3n) is 3.88.